The maximum absolute atomic E-state index is 12.4. The molecular weight excluding hydrogens is 360 g/mol. The number of hydrogen-bond donors (Lipinski definition) is 2. The Morgan fingerprint density at radius 3 is 2.48 bits per heavy atom. The fourth-order valence-corrected chi connectivity index (χ4v) is 3.59. The van der Waals surface area contributed by atoms with Crippen LogP contribution in [-0.2, 0) is 10.0 Å². The Labute approximate surface area is 153 Å². The Morgan fingerprint density at radius 1 is 1.16 bits per heavy atom. The van der Waals surface area contributed by atoms with E-state index in [1.807, 2.05) is 19.1 Å². The van der Waals surface area contributed by atoms with Crippen LogP contribution in [0.15, 0.2) is 48.5 Å². The molecule has 2 aromatic carbocycles. The average molecular weight is 381 g/mol. The lowest BCUT2D eigenvalue weighted by atomic mass is 10.1. The van der Waals surface area contributed by atoms with E-state index in [0.717, 1.165) is 5.56 Å². The standard InChI is InChI=1S/C18H21ClN2O3S/c1-3-11-25(23,24)21-17-6-4-5-15(12-17)18(22)20-13(2)14-7-9-16(19)10-8-14/h4-10,12-13,21H,3,11H2,1-2H3,(H,20,22). The van der Waals surface area contributed by atoms with Crippen molar-refractivity contribution in [1.82, 2.24) is 5.32 Å². The van der Waals surface area contributed by atoms with Gasteiger partial charge in [-0.05, 0) is 49.2 Å². The highest BCUT2D eigenvalue weighted by Crippen LogP contribution is 2.18. The summed E-state index contributed by atoms with van der Waals surface area (Å²) >= 11 is 5.87. The first-order valence-corrected chi connectivity index (χ1v) is 10.0. The first kappa shape index (κ1) is 19.3. The van der Waals surface area contributed by atoms with Gasteiger partial charge in [0, 0.05) is 16.3 Å². The molecule has 0 aliphatic rings. The molecule has 7 heteroatoms. The minimum absolute atomic E-state index is 0.0387. The minimum atomic E-state index is -3.39. The molecule has 0 aliphatic heterocycles. The third-order valence-corrected chi connectivity index (χ3v) is 5.33. The molecule has 0 aromatic heterocycles. The molecule has 2 rings (SSSR count). The van der Waals surface area contributed by atoms with Crippen molar-refractivity contribution in [3.8, 4) is 0 Å². The quantitative estimate of drug-likeness (QED) is 0.762. The van der Waals surface area contributed by atoms with Crippen molar-refractivity contribution in [1.29, 1.82) is 0 Å². The summed E-state index contributed by atoms with van der Waals surface area (Å²) in [5.41, 5.74) is 1.69. The van der Waals surface area contributed by atoms with E-state index in [2.05, 4.69) is 10.0 Å². The maximum Gasteiger partial charge on any atom is 0.251 e. The first-order chi connectivity index (χ1) is 11.8. The van der Waals surface area contributed by atoms with E-state index in [-0.39, 0.29) is 17.7 Å². The second-order valence-corrected chi connectivity index (χ2v) is 8.03. The Morgan fingerprint density at radius 2 is 1.84 bits per heavy atom. The van der Waals surface area contributed by atoms with Crippen molar-refractivity contribution in [2.75, 3.05) is 10.5 Å². The van der Waals surface area contributed by atoms with Crippen molar-refractivity contribution in [2.24, 2.45) is 0 Å². The molecule has 25 heavy (non-hydrogen) atoms. The van der Waals surface area contributed by atoms with Crippen LogP contribution in [0.5, 0.6) is 0 Å². The molecule has 5 nitrogen and oxygen atoms in total. The van der Waals surface area contributed by atoms with E-state index < -0.39 is 10.0 Å². The van der Waals surface area contributed by atoms with Gasteiger partial charge in [-0.2, -0.15) is 0 Å². The highest BCUT2D eigenvalue weighted by Gasteiger charge is 2.14. The van der Waals surface area contributed by atoms with Crippen LogP contribution in [0.3, 0.4) is 0 Å². The zero-order chi connectivity index (χ0) is 18.4. The zero-order valence-corrected chi connectivity index (χ0v) is 15.7. The maximum atomic E-state index is 12.4. The zero-order valence-electron chi connectivity index (χ0n) is 14.1. The fourth-order valence-electron chi connectivity index (χ4n) is 2.34. The monoisotopic (exact) mass is 380 g/mol. The number of carbonyl (C=O) groups is 1. The van der Waals surface area contributed by atoms with Crippen LogP contribution in [0, 0.1) is 0 Å². The summed E-state index contributed by atoms with van der Waals surface area (Å²) in [6.07, 6.45) is 0.522. The third kappa shape index (κ3) is 5.76. The van der Waals surface area contributed by atoms with Gasteiger partial charge in [0.15, 0.2) is 0 Å². The summed E-state index contributed by atoms with van der Waals surface area (Å²) in [5.74, 6) is -0.240. The molecule has 0 saturated heterocycles. The van der Waals surface area contributed by atoms with Gasteiger partial charge in [0.1, 0.15) is 0 Å². The lowest BCUT2D eigenvalue weighted by molar-refractivity contribution is 0.0940. The van der Waals surface area contributed by atoms with Crippen LogP contribution in [-0.4, -0.2) is 20.1 Å². The lowest BCUT2D eigenvalue weighted by Gasteiger charge is -2.15. The lowest BCUT2D eigenvalue weighted by Crippen LogP contribution is -2.26. The molecule has 0 bridgehead atoms. The van der Waals surface area contributed by atoms with E-state index in [1.54, 1.807) is 37.3 Å². The molecule has 0 fully saturated rings. The summed E-state index contributed by atoms with van der Waals surface area (Å²) in [5, 5.41) is 3.52. The molecule has 0 spiro atoms. The number of carbonyl (C=O) groups excluding carboxylic acids is 1. The van der Waals surface area contributed by atoms with Gasteiger partial charge >= 0.3 is 0 Å². The van der Waals surface area contributed by atoms with Gasteiger partial charge in [0.25, 0.3) is 5.91 Å². The number of anilines is 1. The minimum Gasteiger partial charge on any atom is -0.346 e. The van der Waals surface area contributed by atoms with E-state index in [1.165, 1.54) is 6.07 Å². The normalized spacial score (nSPS) is 12.4. The van der Waals surface area contributed by atoms with Crippen molar-refractivity contribution in [2.45, 2.75) is 26.3 Å². The highest BCUT2D eigenvalue weighted by molar-refractivity contribution is 7.92. The molecule has 2 aromatic rings. The molecule has 0 heterocycles. The van der Waals surface area contributed by atoms with Crippen molar-refractivity contribution >= 4 is 33.2 Å². The summed E-state index contributed by atoms with van der Waals surface area (Å²) < 4.78 is 26.2. The van der Waals surface area contributed by atoms with E-state index in [4.69, 9.17) is 11.6 Å². The predicted octanol–water partition coefficient (Wildman–Crippen LogP) is 3.98. The summed E-state index contributed by atoms with van der Waals surface area (Å²) in [6.45, 7) is 3.66. The van der Waals surface area contributed by atoms with E-state index in [9.17, 15) is 13.2 Å². The number of amides is 1. The smallest absolute Gasteiger partial charge is 0.251 e. The van der Waals surface area contributed by atoms with Gasteiger partial charge in [-0.3, -0.25) is 9.52 Å². The molecule has 0 aliphatic carbocycles. The summed E-state index contributed by atoms with van der Waals surface area (Å²) in [6, 6.07) is 13.5. The van der Waals surface area contributed by atoms with Crippen molar-refractivity contribution < 1.29 is 13.2 Å². The van der Waals surface area contributed by atoms with Crippen molar-refractivity contribution in [3.63, 3.8) is 0 Å². The second kappa shape index (κ2) is 8.36. The van der Waals surface area contributed by atoms with Crippen LogP contribution < -0.4 is 10.0 Å². The van der Waals surface area contributed by atoms with E-state index in [0.29, 0.717) is 22.7 Å². The first-order valence-electron chi connectivity index (χ1n) is 7.97. The predicted molar refractivity (Wildman–Crippen MR) is 101 cm³/mol. The number of nitrogens with one attached hydrogen (secondary N) is 2. The van der Waals surface area contributed by atoms with Gasteiger partial charge in [0.2, 0.25) is 10.0 Å². The molecule has 0 radical (unpaired) electrons. The molecule has 134 valence electrons. The summed E-state index contributed by atoms with van der Waals surface area (Å²) in [7, 11) is -3.39. The van der Waals surface area contributed by atoms with Crippen molar-refractivity contribution in [3.05, 3.63) is 64.7 Å². The van der Waals surface area contributed by atoms with E-state index >= 15 is 0 Å². The molecule has 1 atom stereocenters. The topological polar surface area (TPSA) is 75.3 Å². The molecule has 1 unspecified atom stereocenters. The molecule has 0 saturated carbocycles. The number of halogens is 1. The number of rotatable bonds is 7. The van der Waals surface area contributed by atoms with Crippen LogP contribution in [0.2, 0.25) is 5.02 Å². The SMILES string of the molecule is CCCS(=O)(=O)Nc1cccc(C(=O)NC(C)c2ccc(Cl)cc2)c1. The van der Waals surface area contributed by atoms with Crippen LogP contribution in [0.1, 0.15) is 42.2 Å². The number of sulfonamides is 1. The Balaban J connectivity index is 2.09. The molecule has 1 amide bonds. The molecule has 2 N–H and O–H groups in total. The highest BCUT2D eigenvalue weighted by atomic mass is 35.5. The largest absolute Gasteiger partial charge is 0.346 e. The Kier molecular flexibility index (Phi) is 6.45. The number of hydrogen-bond acceptors (Lipinski definition) is 3. The Bertz CT molecular complexity index is 836. The van der Waals surface area contributed by atoms with Crippen LogP contribution in [0.4, 0.5) is 5.69 Å². The van der Waals surface area contributed by atoms with Crippen LogP contribution in [0.25, 0.3) is 0 Å². The summed E-state index contributed by atoms with van der Waals surface area (Å²) in [4.78, 5) is 12.4. The average Bonchev–Trinajstić information content (AvgIpc) is 2.55. The van der Waals surface area contributed by atoms with Gasteiger partial charge in [-0.25, -0.2) is 8.42 Å². The van der Waals surface area contributed by atoms with Gasteiger partial charge in [-0.1, -0.05) is 36.7 Å². The number of benzene rings is 2. The second-order valence-electron chi connectivity index (χ2n) is 5.75. The van der Waals surface area contributed by atoms with Gasteiger partial charge < -0.3 is 5.32 Å². The van der Waals surface area contributed by atoms with Gasteiger partial charge in [0.05, 0.1) is 11.8 Å². The third-order valence-electron chi connectivity index (χ3n) is 3.59. The fraction of sp³-hybridized carbons (Fsp3) is 0.278. The van der Waals surface area contributed by atoms with Gasteiger partial charge in [-0.15, -0.1) is 0 Å². The Hall–Kier alpha value is -2.05. The van der Waals surface area contributed by atoms with Crippen LogP contribution >= 0.6 is 11.6 Å². The molecular formula is C18H21ClN2O3S.